The molecule has 0 atom stereocenters. The highest BCUT2D eigenvalue weighted by Crippen LogP contribution is 2.31. The molecule has 2 rings (SSSR count). The Morgan fingerprint density at radius 3 is 2.06 bits per heavy atom. The van der Waals surface area contributed by atoms with E-state index in [9.17, 15) is 0 Å². The Morgan fingerprint density at radius 1 is 1.06 bits per heavy atom. The van der Waals surface area contributed by atoms with Crippen molar-refractivity contribution in [2.75, 3.05) is 0 Å². The van der Waals surface area contributed by atoms with E-state index < -0.39 is 0 Å². The molecule has 1 aromatic heterocycles. The number of aromatic nitrogens is 2. The van der Waals surface area contributed by atoms with E-state index in [0.717, 1.165) is 22.5 Å². The lowest BCUT2D eigenvalue weighted by atomic mass is 10.0. The van der Waals surface area contributed by atoms with E-state index >= 15 is 0 Å². The van der Waals surface area contributed by atoms with Crippen LogP contribution in [0.25, 0.3) is 11.1 Å². The Bertz CT molecular complexity index is 524. The molecule has 2 nitrogen and oxygen atoms in total. The van der Waals surface area contributed by atoms with Crippen molar-refractivity contribution in [3.05, 3.63) is 39.6 Å². The van der Waals surface area contributed by atoms with Gasteiger partial charge in [0.1, 0.15) is 0 Å². The van der Waals surface area contributed by atoms with Crippen LogP contribution in [0.1, 0.15) is 11.4 Å². The second-order valence-electron chi connectivity index (χ2n) is 3.83. The molecule has 0 unspecified atom stereocenters. The summed E-state index contributed by atoms with van der Waals surface area (Å²) in [5, 5.41) is 5.66. The van der Waals surface area contributed by atoms with Crippen LogP contribution in [0, 0.1) is 13.8 Å². The van der Waals surface area contributed by atoms with Gasteiger partial charge >= 0.3 is 0 Å². The maximum absolute atomic E-state index is 6.00. The fraction of sp³-hybridized carbons (Fsp3) is 0.250. The number of benzene rings is 1. The molecule has 0 saturated heterocycles. The van der Waals surface area contributed by atoms with Gasteiger partial charge in [-0.3, -0.25) is 4.68 Å². The number of hydrogen-bond donors (Lipinski definition) is 0. The van der Waals surface area contributed by atoms with Crippen LogP contribution in [-0.2, 0) is 7.05 Å². The zero-order chi connectivity index (χ0) is 11.9. The Morgan fingerprint density at radius 2 is 1.62 bits per heavy atom. The van der Waals surface area contributed by atoms with Gasteiger partial charge in [0.25, 0.3) is 0 Å². The number of rotatable bonds is 1. The molecular formula is C12H12Cl2N2. The smallest absolute Gasteiger partial charge is 0.0674 e. The molecule has 0 spiro atoms. The number of aryl methyl sites for hydroxylation is 2. The maximum Gasteiger partial charge on any atom is 0.0674 e. The Labute approximate surface area is 105 Å². The number of halogens is 2. The number of hydrogen-bond acceptors (Lipinski definition) is 1. The molecule has 1 aromatic carbocycles. The van der Waals surface area contributed by atoms with Crippen LogP contribution in [-0.4, -0.2) is 9.78 Å². The summed E-state index contributed by atoms with van der Waals surface area (Å²) in [6.45, 7) is 4.02. The fourth-order valence-electron chi connectivity index (χ4n) is 1.89. The monoisotopic (exact) mass is 254 g/mol. The van der Waals surface area contributed by atoms with Crippen LogP contribution in [0.3, 0.4) is 0 Å². The normalized spacial score (nSPS) is 10.8. The average molecular weight is 255 g/mol. The highest BCUT2D eigenvalue weighted by Gasteiger charge is 2.12. The molecule has 0 aliphatic carbocycles. The van der Waals surface area contributed by atoms with E-state index in [-0.39, 0.29) is 0 Å². The molecule has 1 heterocycles. The summed E-state index contributed by atoms with van der Waals surface area (Å²) in [5.41, 5.74) is 4.21. The third-order valence-corrected chi connectivity index (χ3v) is 3.10. The van der Waals surface area contributed by atoms with Crippen molar-refractivity contribution in [2.45, 2.75) is 13.8 Å². The average Bonchev–Trinajstić information content (AvgIpc) is 2.39. The standard InChI is InChI=1S/C12H12Cl2N2/c1-7-12(8(2)16(3)15-7)9-4-10(13)6-11(14)5-9/h4-6H,1-3H3. The first-order valence-corrected chi connectivity index (χ1v) is 5.71. The molecule has 0 amide bonds. The molecule has 0 aliphatic heterocycles. The van der Waals surface area contributed by atoms with E-state index in [2.05, 4.69) is 5.10 Å². The highest BCUT2D eigenvalue weighted by molar-refractivity contribution is 6.35. The van der Waals surface area contributed by atoms with Crippen LogP contribution >= 0.6 is 23.2 Å². The van der Waals surface area contributed by atoms with Gasteiger partial charge in [0.15, 0.2) is 0 Å². The molecule has 16 heavy (non-hydrogen) atoms. The van der Waals surface area contributed by atoms with Crippen molar-refractivity contribution in [3.8, 4) is 11.1 Å². The molecule has 0 aliphatic rings. The fourth-order valence-corrected chi connectivity index (χ4v) is 2.42. The molecule has 0 fully saturated rings. The predicted molar refractivity (Wildman–Crippen MR) is 68.1 cm³/mol. The molecule has 84 valence electrons. The summed E-state index contributed by atoms with van der Waals surface area (Å²) in [6.07, 6.45) is 0. The highest BCUT2D eigenvalue weighted by atomic mass is 35.5. The van der Waals surface area contributed by atoms with Gasteiger partial charge in [-0.15, -0.1) is 0 Å². The second kappa shape index (κ2) is 4.11. The SMILES string of the molecule is Cc1nn(C)c(C)c1-c1cc(Cl)cc(Cl)c1. The molecule has 0 bridgehead atoms. The van der Waals surface area contributed by atoms with Crippen LogP contribution in [0.5, 0.6) is 0 Å². The van der Waals surface area contributed by atoms with Crippen LogP contribution in [0.4, 0.5) is 0 Å². The minimum Gasteiger partial charge on any atom is -0.272 e. The first kappa shape index (κ1) is 11.5. The Kier molecular flexibility index (Phi) is 2.96. The lowest BCUT2D eigenvalue weighted by molar-refractivity contribution is 0.731. The summed E-state index contributed by atoms with van der Waals surface area (Å²) < 4.78 is 1.86. The van der Waals surface area contributed by atoms with E-state index in [4.69, 9.17) is 23.2 Å². The van der Waals surface area contributed by atoms with E-state index in [1.807, 2.05) is 37.7 Å². The molecule has 4 heteroatoms. The van der Waals surface area contributed by atoms with Crippen molar-refractivity contribution in [1.29, 1.82) is 0 Å². The quantitative estimate of drug-likeness (QED) is 0.752. The van der Waals surface area contributed by atoms with Crippen molar-refractivity contribution >= 4 is 23.2 Å². The number of nitrogens with zero attached hydrogens (tertiary/aromatic N) is 2. The zero-order valence-corrected chi connectivity index (χ0v) is 10.9. The third-order valence-electron chi connectivity index (χ3n) is 2.66. The van der Waals surface area contributed by atoms with Gasteiger partial charge in [0.2, 0.25) is 0 Å². The molecule has 2 aromatic rings. The second-order valence-corrected chi connectivity index (χ2v) is 4.70. The van der Waals surface area contributed by atoms with E-state index in [1.165, 1.54) is 0 Å². The van der Waals surface area contributed by atoms with Gasteiger partial charge in [-0.05, 0) is 37.6 Å². The van der Waals surface area contributed by atoms with Gasteiger partial charge in [0, 0.05) is 28.4 Å². The van der Waals surface area contributed by atoms with Gasteiger partial charge in [-0.1, -0.05) is 23.2 Å². The van der Waals surface area contributed by atoms with Crippen molar-refractivity contribution in [3.63, 3.8) is 0 Å². The van der Waals surface area contributed by atoms with Crippen LogP contribution in [0.2, 0.25) is 10.0 Å². The van der Waals surface area contributed by atoms with Gasteiger partial charge in [0.05, 0.1) is 5.69 Å². The van der Waals surface area contributed by atoms with Crippen molar-refractivity contribution in [2.24, 2.45) is 7.05 Å². The lowest BCUT2D eigenvalue weighted by Crippen LogP contribution is -1.92. The molecular weight excluding hydrogens is 243 g/mol. The van der Waals surface area contributed by atoms with Gasteiger partial charge in [-0.25, -0.2) is 0 Å². The molecule has 0 saturated carbocycles. The van der Waals surface area contributed by atoms with Crippen molar-refractivity contribution < 1.29 is 0 Å². The maximum atomic E-state index is 6.00. The molecule has 0 radical (unpaired) electrons. The minimum atomic E-state index is 0.644. The van der Waals surface area contributed by atoms with E-state index in [1.54, 1.807) is 6.07 Å². The first-order valence-electron chi connectivity index (χ1n) is 4.95. The largest absolute Gasteiger partial charge is 0.272 e. The Hall–Kier alpha value is -0.990. The topological polar surface area (TPSA) is 17.8 Å². The summed E-state index contributed by atoms with van der Waals surface area (Å²) in [4.78, 5) is 0. The Balaban J connectivity index is 2.67. The van der Waals surface area contributed by atoms with Gasteiger partial charge in [-0.2, -0.15) is 5.10 Å². The lowest BCUT2D eigenvalue weighted by Gasteiger charge is -2.04. The van der Waals surface area contributed by atoms with Gasteiger partial charge < -0.3 is 0 Å². The van der Waals surface area contributed by atoms with Crippen LogP contribution in [0.15, 0.2) is 18.2 Å². The van der Waals surface area contributed by atoms with E-state index in [0.29, 0.717) is 10.0 Å². The van der Waals surface area contributed by atoms with Crippen LogP contribution < -0.4 is 0 Å². The summed E-state index contributed by atoms with van der Waals surface area (Å²) in [5.74, 6) is 0. The summed E-state index contributed by atoms with van der Waals surface area (Å²) in [7, 11) is 1.93. The summed E-state index contributed by atoms with van der Waals surface area (Å²) >= 11 is 12.0. The first-order chi connectivity index (χ1) is 7.49. The minimum absolute atomic E-state index is 0.644. The van der Waals surface area contributed by atoms with Crippen molar-refractivity contribution in [1.82, 2.24) is 9.78 Å². The third kappa shape index (κ3) is 1.95. The zero-order valence-electron chi connectivity index (χ0n) is 9.38. The summed E-state index contributed by atoms with van der Waals surface area (Å²) in [6, 6.07) is 5.54. The predicted octanol–water partition coefficient (Wildman–Crippen LogP) is 4.01. The molecule has 0 N–H and O–H groups in total.